The lowest BCUT2D eigenvalue weighted by Crippen LogP contribution is -1.91. The average molecular weight is 189 g/mol. The maximum absolute atomic E-state index is 5.67. The highest BCUT2D eigenvalue weighted by molar-refractivity contribution is 7.99. The quantitative estimate of drug-likeness (QED) is 0.725. The van der Waals surface area contributed by atoms with Crippen LogP contribution < -0.4 is 5.73 Å². The summed E-state index contributed by atoms with van der Waals surface area (Å²) in [5.74, 6) is 0.971. The maximum Gasteiger partial charge on any atom is 0.119 e. The fourth-order valence-electron chi connectivity index (χ4n) is 0.700. The van der Waals surface area contributed by atoms with Crippen molar-refractivity contribution in [1.29, 1.82) is 0 Å². The Hall–Kier alpha value is -0.410. The summed E-state index contributed by atoms with van der Waals surface area (Å²) in [5.41, 5.74) is 6.30. The zero-order chi connectivity index (χ0) is 8.27. The van der Waals surface area contributed by atoms with Crippen molar-refractivity contribution >= 4 is 29.1 Å². The molecule has 0 atom stereocenters. The topological polar surface area (TPSA) is 38.9 Å². The Bertz CT molecular complexity index is 252. The van der Waals surface area contributed by atoms with Crippen LogP contribution in [0.4, 0.5) is 5.69 Å². The molecule has 0 aliphatic carbocycles. The first-order valence-corrected chi connectivity index (χ1v) is 4.64. The van der Waals surface area contributed by atoms with Crippen molar-refractivity contribution in [2.45, 2.75) is 11.9 Å². The predicted molar refractivity (Wildman–Crippen MR) is 50.1 cm³/mol. The monoisotopic (exact) mass is 188 g/mol. The molecule has 1 heterocycles. The molecule has 0 saturated heterocycles. The molecule has 0 radical (unpaired) electrons. The zero-order valence-corrected chi connectivity index (χ0v) is 7.75. The van der Waals surface area contributed by atoms with Crippen LogP contribution >= 0.6 is 23.4 Å². The number of thioether (sulfide) groups is 1. The minimum absolute atomic E-state index is 0.586. The van der Waals surface area contributed by atoms with Gasteiger partial charge in [0.05, 0.1) is 10.7 Å². The molecule has 11 heavy (non-hydrogen) atoms. The molecule has 60 valence electrons. The van der Waals surface area contributed by atoms with Gasteiger partial charge in [-0.2, -0.15) is 0 Å². The largest absolute Gasteiger partial charge is 0.397 e. The molecule has 1 rings (SSSR count). The highest BCUT2D eigenvalue weighted by atomic mass is 35.5. The fraction of sp³-hybridized carbons (Fsp3) is 0.286. The SMILES string of the molecule is CCSc1ncc(Cl)cc1N. The minimum Gasteiger partial charge on any atom is -0.397 e. The molecule has 0 bridgehead atoms. The lowest BCUT2D eigenvalue weighted by Gasteiger charge is -2.01. The van der Waals surface area contributed by atoms with Crippen LogP contribution in [0.15, 0.2) is 17.3 Å². The number of halogens is 1. The molecular weight excluding hydrogens is 180 g/mol. The first kappa shape index (κ1) is 8.68. The summed E-state index contributed by atoms with van der Waals surface area (Å²) in [5, 5.41) is 1.44. The van der Waals surface area contributed by atoms with Crippen LogP contribution in [-0.4, -0.2) is 10.7 Å². The number of aromatic nitrogens is 1. The molecule has 0 unspecified atom stereocenters. The van der Waals surface area contributed by atoms with Gasteiger partial charge in [-0.3, -0.25) is 0 Å². The second-order valence-corrected chi connectivity index (χ2v) is 3.67. The molecule has 0 spiro atoms. The van der Waals surface area contributed by atoms with E-state index in [1.165, 1.54) is 0 Å². The first-order chi connectivity index (χ1) is 5.24. The third-order valence-corrected chi connectivity index (χ3v) is 2.24. The van der Waals surface area contributed by atoms with E-state index in [0.717, 1.165) is 10.8 Å². The fourth-order valence-corrected chi connectivity index (χ4v) is 1.49. The molecule has 0 saturated carbocycles. The normalized spacial score (nSPS) is 10.0. The van der Waals surface area contributed by atoms with E-state index in [-0.39, 0.29) is 0 Å². The van der Waals surface area contributed by atoms with Gasteiger partial charge in [-0.1, -0.05) is 18.5 Å². The Morgan fingerprint density at radius 2 is 2.45 bits per heavy atom. The summed E-state index contributed by atoms with van der Waals surface area (Å²) in [4.78, 5) is 4.07. The predicted octanol–water partition coefficient (Wildman–Crippen LogP) is 2.43. The zero-order valence-electron chi connectivity index (χ0n) is 6.17. The summed E-state index contributed by atoms with van der Waals surface area (Å²) in [6, 6.07) is 1.71. The third kappa shape index (κ3) is 2.27. The van der Waals surface area contributed by atoms with Gasteiger partial charge < -0.3 is 5.73 Å². The van der Waals surface area contributed by atoms with Crippen LogP contribution in [0.25, 0.3) is 0 Å². The standard InChI is InChI=1S/C7H9ClN2S/c1-2-11-7-6(9)3-5(8)4-10-7/h3-4H,2,9H2,1H3. The van der Waals surface area contributed by atoms with Crippen molar-refractivity contribution in [3.8, 4) is 0 Å². The maximum atomic E-state index is 5.67. The molecule has 2 N–H and O–H groups in total. The van der Waals surface area contributed by atoms with E-state index in [4.69, 9.17) is 17.3 Å². The molecule has 1 aromatic heterocycles. The highest BCUT2D eigenvalue weighted by Crippen LogP contribution is 2.24. The van der Waals surface area contributed by atoms with Gasteiger partial charge in [0.15, 0.2) is 0 Å². The number of nitrogen functional groups attached to an aromatic ring is 1. The van der Waals surface area contributed by atoms with E-state index in [1.54, 1.807) is 24.0 Å². The van der Waals surface area contributed by atoms with Crippen molar-refractivity contribution in [3.63, 3.8) is 0 Å². The summed E-state index contributed by atoms with van der Waals surface area (Å²) in [7, 11) is 0. The Labute approximate surface area is 75.1 Å². The van der Waals surface area contributed by atoms with Gasteiger partial charge in [0.1, 0.15) is 5.03 Å². The molecule has 2 nitrogen and oxygen atoms in total. The number of nitrogens with zero attached hydrogens (tertiary/aromatic N) is 1. The number of nitrogens with two attached hydrogens (primary N) is 1. The van der Waals surface area contributed by atoms with E-state index < -0.39 is 0 Å². The summed E-state index contributed by atoms with van der Waals surface area (Å²) in [6.07, 6.45) is 1.61. The van der Waals surface area contributed by atoms with Crippen LogP contribution in [0.2, 0.25) is 5.02 Å². The van der Waals surface area contributed by atoms with Crippen LogP contribution in [0, 0.1) is 0 Å². The van der Waals surface area contributed by atoms with E-state index in [0.29, 0.717) is 10.7 Å². The van der Waals surface area contributed by atoms with Crippen molar-refractivity contribution in [1.82, 2.24) is 4.98 Å². The number of hydrogen-bond donors (Lipinski definition) is 1. The molecule has 0 amide bonds. The Kier molecular flexibility index (Phi) is 3.02. The lowest BCUT2D eigenvalue weighted by atomic mass is 10.4. The molecular formula is C7H9ClN2S. The number of pyridine rings is 1. The Balaban J connectivity index is 2.90. The number of rotatable bonds is 2. The van der Waals surface area contributed by atoms with E-state index >= 15 is 0 Å². The molecule has 1 aromatic rings. The second-order valence-electron chi connectivity index (χ2n) is 1.98. The molecule has 0 aliphatic rings. The van der Waals surface area contributed by atoms with Crippen LogP contribution in [0.1, 0.15) is 6.92 Å². The highest BCUT2D eigenvalue weighted by Gasteiger charge is 1.99. The van der Waals surface area contributed by atoms with Crippen molar-refractivity contribution in [2.24, 2.45) is 0 Å². The van der Waals surface area contributed by atoms with Crippen LogP contribution in [0.5, 0.6) is 0 Å². The van der Waals surface area contributed by atoms with Crippen LogP contribution in [-0.2, 0) is 0 Å². The van der Waals surface area contributed by atoms with Gasteiger partial charge in [0.2, 0.25) is 0 Å². The van der Waals surface area contributed by atoms with E-state index in [2.05, 4.69) is 11.9 Å². The van der Waals surface area contributed by atoms with Crippen molar-refractivity contribution in [3.05, 3.63) is 17.3 Å². The summed E-state index contributed by atoms with van der Waals surface area (Å²) >= 11 is 7.28. The van der Waals surface area contributed by atoms with Crippen molar-refractivity contribution < 1.29 is 0 Å². The first-order valence-electron chi connectivity index (χ1n) is 3.28. The molecule has 0 fully saturated rings. The van der Waals surface area contributed by atoms with Crippen molar-refractivity contribution in [2.75, 3.05) is 11.5 Å². The van der Waals surface area contributed by atoms with Gasteiger partial charge in [0.25, 0.3) is 0 Å². The van der Waals surface area contributed by atoms with Gasteiger partial charge in [-0.25, -0.2) is 4.98 Å². The Morgan fingerprint density at radius 1 is 1.73 bits per heavy atom. The van der Waals surface area contributed by atoms with Crippen LogP contribution in [0.3, 0.4) is 0 Å². The van der Waals surface area contributed by atoms with Gasteiger partial charge >= 0.3 is 0 Å². The second kappa shape index (κ2) is 3.83. The third-order valence-electron chi connectivity index (χ3n) is 1.13. The molecule has 0 aliphatic heterocycles. The number of anilines is 1. The number of hydrogen-bond acceptors (Lipinski definition) is 3. The van der Waals surface area contributed by atoms with Gasteiger partial charge in [0, 0.05) is 6.20 Å². The lowest BCUT2D eigenvalue weighted by molar-refractivity contribution is 1.14. The average Bonchev–Trinajstić information content (AvgIpc) is 1.95. The van der Waals surface area contributed by atoms with E-state index in [9.17, 15) is 0 Å². The van der Waals surface area contributed by atoms with E-state index in [1.807, 2.05) is 0 Å². The summed E-state index contributed by atoms with van der Waals surface area (Å²) < 4.78 is 0. The molecule has 4 heteroatoms. The molecule has 0 aromatic carbocycles. The van der Waals surface area contributed by atoms with Gasteiger partial charge in [-0.05, 0) is 11.8 Å². The summed E-state index contributed by atoms with van der Waals surface area (Å²) in [6.45, 7) is 2.06. The minimum atomic E-state index is 0.586. The smallest absolute Gasteiger partial charge is 0.119 e. The Morgan fingerprint density at radius 3 is 3.00 bits per heavy atom. The van der Waals surface area contributed by atoms with Gasteiger partial charge in [-0.15, -0.1) is 11.8 Å².